The van der Waals surface area contributed by atoms with E-state index in [1.807, 2.05) is 32.0 Å². The Morgan fingerprint density at radius 1 is 1.22 bits per heavy atom. The average molecular weight is 246 g/mol. The molecule has 3 heteroatoms. The zero-order chi connectivity index (χ0) is 13.1. The molecule has 1 saturated carbocycles. The van der Waals surface area contributed by atoms with Crippen LogP contribution in [-0.2, 0) is 0 Å². The van der Waals surface area contributed by atoms with Crippen LogP contribution in [0.4, 0.5) is 0 Å². The van der Waals surface area contributed by atoms with Gasteiger partial charge in [-0.05, 0) is 51.2 Å². The highest BCUT2D eigenvalue weighted by Gasteiger charge is 2.21. The number of rotatable bonds is 2. The number of carbonyl (C=O) groups is 1. The molecule has 1 aliphatic carbocycles. The molecule has 1 aliphatic rings. The Hall–Kier alpha value is -1.35. The van der Waals surface area contributed by atoms with Crippen molar-refractivity contribution in [3.05, 3.63) is 34.9 Å². The fourth-order valence-electron chi connectivity index (χ4n) is 2.51. The van der Waals surface area contributed by atoms with Gasteiger partial charge in [0, 0.05) is 17.6 Å². The number of hydrogen-bond donors (Lipinski definition) is 2. The molecule has 0 unspecified atom stereocenters. The molecule has 0 saturated heterocycles. The van der Waals surface area contributed by atoms with Crippen LogP contribution in [0.3, 0.4) is 0 Å². The number of hydrogen-bond acceptors (Lipinski definition) is 2. The summed E-state index contributed by atoms with van der Waals surface area (Å²) in [5.74, 6) is 0.0525. The topological polar surface area (TPSA) is 55.1 Å². The third-order valence-corrected chi connectivity index (χ3v) is 3.74. The summed E-state index contributed by atoms with van der Waals surface area (Å²) in [4.78, 5) is 12.2. The first-order valence-electron chi connectivity index (χ1n) is 6.70. The largest absolute Gasteiger partial charge is 0.349 e. The first-order chi connectivity index (χ1) is 8.56. The van der Waals surface area contributed by atoms with E-state index >= 15 is 0 Å². The summed E-state index contributed by atoms with van der Waals surface area (Å²) in [6.45, 7) is 3.99. The van der Waals surface area contributed by atoms with Crippen molar-refractivity contribution in [2.24, 2.45) is 5.73 Å². The number of aryl methyl sites for hydroxylation is 2. The normalized spacial score (nSPS) is 23.7. The molecule has 0 heterocycles. The molecular formula is C15H22N2O. The highest BCUT2D eigenvalue weighted by atomic mass is 16.1. The Morgan fingerprint density at radius 2 is 1.89 bits per heavy atom. The zero-order valence-corrected chi connectivity index (χ0v) is 11.2. The quantitative estimate of drug-likeness (QED) is 0.841. The van der Waals surface area contributed by atoms with Crippen molar-refractivity contribution in [3.8, 4) is 0 Å². The van der Waals surface area contributed by atoms with Crippen molar-refractivity contribution in [3.63, 3.8) is 0 Å². The summed E-state index contributed by atoms with van der Waals surface area (Å²) in [6.07, 6.45) is 4.02. The highest BCUT2D eigenvalue weighted by Crippen LogP contribution is 2.18. The third kappa shape index (κ3) is 3.10. The SMILES string of the molecule is Cc1ccc(C)c(C(=O)NC2CCC(N)CC2)c1. The van der Waals surface area contributed by atoms with E-state index < -0.39 is 0 Å². The number of amides is 1. The lowest BCUT2D eigenvalue weighted by Gasteiger charge is -2.27. The van der Waals surface area contributed by atoms with Crippen LogP contribution in [0.5, 0.6) is 0 Å². The predicted molar refractivity (Wildman–Crippen MR) is 73.6 cm³/mol. The molecule has 0 spiro atoms. The van der Waals surface area contributed by atoms with Crippen LogP contribution < -0.4 is 11.1 Å². The van der Waals surface area contributed by atoms with E-state index in [1.54, 1.807) is 0 Å². The van der Waals surface area contributed by atoms with Crippen molar-refractivity contribution in [1.82, 2.24) is 5.32 Å². The van der Waals surface area contributed by atoms with E-state index in [9.17, 15) is 4.79 Å². The number of nitrogens with one attached hydrogen (secondary N) is 1. The van der Waals surface area contributed by atoms with Crippen LogP contribution in [0.15, 0.2) is 18.2 Å². The van der Waals surface area contributed by atoms with Crippen LogP contribution in [0.1, 0.15) is 47.2 Å². The van der Waals surface area contributed by atoms with E-state index in [-0.39, 0.29) is 11.9 Å². The number of benzene rings is 1. The monoisotopic (exact) mass is 246 g/mol. The second kappa shape index (κ2) is 5.53. The fourth-order valence-corrected chi connectivity index (χ4v) is 2.51. The van der Waals surface area contributed by atoms with Crippen molar-refractivity contribution in [1.29, 1.82) is 0 Å². The molecule has 0 radical (unpaired) electrons. The van der Waals surface area contributed by atoms with Gasteiger partial charge >= 0.3 is 0 Å². The summed E-state index contributed by atoms with van der Waals surface area (Å²) in [6, 6.07) is 6.60. The standard InChI is InChI=1S/C15H22N2O/c1-10-3-4-11(2)14(9-10)15(18)17-13-7-5-12(16)6-8-13/h3-4,9,12-13H,5-8,16H2,1-2H3,(H,17,18). The molecular weight excluding hydrogens is 224 g/mol. The minimum absolute atomic E-state index is 0.0525. The first kappa shape index (κ1) is 13.1. The van der Waals surface area contributed by atoms with Gasteiger partial charge in [-0.15, -0.1) is 0 Å². The highest BCUT2D eigenvalue weighted by molar-refractivity contribution is 5.96. The maximum atomic E-state index is 12.2. The second-order valence-electron chi connectivity index (χ2n) is 5.40. The van der Waals surface area contributed by atoms with E-state index in [2.05, 4.69) is 5.32 Å². The molecule has 18 heavy (non-hydrogen) atoms. The van der Waals surface area contributed by atoms with Crippen molar-refractivity contribution in [2.45, 2.75) is 51.6 Å². The Morgan fingerprint density at radius 3 is 2.56 bits per heavy atom. The van der Waals surface area contributed by atoms with Gasteiger partial charge in [-0.2, -0.15) is 0 Å². The molecule has 1 aromatic rings. The van der Waals surface area contributed by atoms with Crippen LogP contribution in [0.2, 0.25) is 0 Å². The zero-order valence-electron chi connectivity index (χ0n) is 11.2. The lowest BCUT2D eigenvalue weighted by Crippen LogP contribution is -2.40. The van der Waals surface area contributed by atoms with Gasteiger partial charge in [0.25, 0.3) is 5.91 Å². The van der Waals surface area contributed by atoms with Gasteiger partial charge < -0.3 is 11.1 Å². The van der Waals surface area contributed by atoms with Gasteiger partial charge in [0.05, 0.1) is 0 Å². The van der Waals surface area contributed by atoms with Gasteiger partial charge in [0.1, 0.15) is 0 Å². The Balaban J connectivity index is 2.01. The molecule has 98 valence electrons. The summed E-state index contributed by atoms with van der Waals surface area (Å²) in [5, 5.41) is 3.13. The molecule has 0 aromatic heterocycles. The smallest absolute Gasteiger partial charge is 0.251 e. The summed E-state index contributed by atoms with van der Waals surface area (Å²) in [5.41, 5.74) is 8.82. The van der Waals surface area contributed by atoms with Gasteiger partial charge in [0.15, 0.2) is 0 Å². The number of carbonyl (C=O) groups excluding carboxylic acids is 1. The summed E-state index contributed by atoms with van der Waals surface area (Å²) in [7, 11) is 0. The summed E-state index contributed by atoms with van der Waals surface area (Å²) >= 11 is 0. The molecule has 0 atom stereocenters. The molecule has 0 aliphatic heterocycles. The molecule has 3 N–H and O–H groups in total. The number of nitrogens with two attached hydrogens (primary N) is 1. The van der Waals surface area contributed by atoms with Crippen LogP contribution >= 0.6 is 0 Å². The second-order valence-corrected chi connectivity index (χ2v) is 5.40. The van der Waals surface area contributed by atoms with Crippen LogP contribution in [0.25, 0.3) is 0 Å². The van der Waals surface area contributed by atoms with Gasteiger partial charge in [-0.3, -0.25) is 4.79 Å². The molecule has 1 fully saturated rings. The van der Waals surface area contributed by atoms with E-state index in [0.29, 0.717) is 6.04 Å². The minimum atomic E-state index is 0.0525. The molecule has 0 bridgehead atoms. The van der Waals surface area contributed by atoms with E-state index in [4.69, 9.17) is 5.73 Å². The van der Waals surface area contributed by atoms with E-state index in [0.717, 1.165) is 42.4 Å². The fraction of sp³-hybridized carbons (Fsp3) is 0.533. The molecule has 2 rings (SSSR count). The van der Waals surface area contributed by atoms with Crippen molar-refractivity contribution in [2.75, 3.05) is 0 Å². The molecule has 3 nitrogen and oxygen atoms in total. The maximum Gasteiger partial charge on any atom is 0.251 e. The Labute approximate surface area is 109 Å². The molecule has 1 aromatic carbocycles. The molecule has 1 amide bonds. The Bertz CT molecular complexity index is 434. The maximum absolute atomic E-state index is 12.2. The van der Waals surface area contributed by atoms with Gasteiger partial charge in [0.2, 0.25) is 0 Å². The van der Waals surface area contributed by atoms with Crippen molar-refractivity contribution >= 4 is 5.91 Å². The summed E-state index contributed by atoms with van der Waals surface area (Å²) < 4.78 is 0. The average Bonchev–Trinajstić information content (AvgIpc) is 2.35. The van der Waals surface area contributed by atoms with Crippen molar-refractivity contribution < 1.29 is 4.79 Å². The lowest BCUT2D eigenvalue weighted by molar-refractivity contribution is 0.0925. The van der Waals surface area contributed by atoms with Crippen LogP contribution in [0, 0.1) is 13.8 Å². The minimum Gasteiger partial charge on any atom is -0.349 e. The van der Waals surface area contributed by atoms with Gasteiger partial charge in [-0.25, -0.2) is 0 Å². The van der Waals surface area contributed by atoms with Gasteiger partial charge in [-0.1, -0.05) is 17.7 Å². The lowest BCUT2D eigenvalue weighted by atomic mass is 9.91. The van der Waals surface area contributed by atoms with E-state index in [1.165, 1.54) is 0 Å². The first-order valence-corrected chi connectivity index (χ1v) is 6.70. The third-order valence-electron chi connectivity index (χ3n) is 3.74. The Kier molecular flexibility index (Phi) is 4.02. The van der Waals surface area contributed by atoms with Crippen LogP contribution in [-0.4, -0.2) is 18.0 Å². The predicted octanol–water partition coefficient (Wildman–Crippen LogP) is 2.30.